The summed E-state index contributed by atoms with van der Waals surface area (Å²) in [5.41, 5.74) is 0. The van der Waals surface area contributed by atoms with Gasteiger partial charge in [0.1, 0.15) is 12.2 Å². The lowest BCUT2D eigenvalue weighted by Gasteiger charge is -2.03. The van der Waals surface area contributed by atoms with Crippen LogP contribution < -0.4 is 0 Å². The zero-order valence-electron chi connectivity index (χ0n) is 8.07. The molecule has 0 saturated carbocycles. The molecule has 0 radical (unpaired) electrons. The third-order valence-corrected chi connectivity index (χ3v) is 1.90. The van der Waals surface area contributed by atoms with E-state index in [1.165, 1.54) is 11.0 Å². The molecule has 0 fully saturated rings. The monoisotopic (exact) mass is 200 g/mol. The summed E-state index contributed by atoms with van der Waals surface area (Å²) in [5, 5.41) is 12.8. The summed E-state index contributed by atoms with van der Waals surface area (Å²) >= 11 is 0. The van der Waals surface area contributed by atoms with Gasteiger partial charge in [0.2, 0.25) is 0 Å². The van der Waals surface area contributed by atoms with E-state index in [2.05, 4.69) is 26.1 Å². The predicted octanol–water partition coefficient (Wildman–Crippen LogP) is 0.684. The van der Waals surface area contributed by atoms with Crippen LogP contribution in [0.15, 0.2) is 24.8 Å². The molecule has 0 aliphatic rings. The zero-order chi connectivity index (χ0) is 10.7. The van der Waals surface area contributed by atoms with Crippen LogP contribution in [0.4, 0.5) is 0 Å². The second-order valence-electron chi connectivity index (χ2n) is 2.93. The van der Waals surface area contributed by atoms with Crippen LogP contribution >= 0.6 is 0 Å². The molecular weight excluding hydrogens is 192 g/mol. The van der Waals surface area contributed by atoms with Gasteiger partial charge in [-0.15, -0.1) is 0 Å². The molecule has 6 nitrogen and oxygen atoms in total. The first-order valence-corrected chi connectivity index (χ1v) is 4.40. The molecule has 0 spiro atoms. The van der Waals surface area contributed by atoms with Crippen molar-refractivity contribution < 1.29 is 0 Å². The van der Waals surface area contributed by atoms with Crippen molar-refractivity contribution in [2.24, 2.45) is 0 Å². The molecule has 2 aromatic rings. The SMILES string of the molecule is CC(C#N)c1ncnn1-c1ncccn1. The first-order chi connectivity index (χ1) is 7.33. The summed E-state index contributed by atoms with van der Waals surface area (Å²) in [7, 11) is 0. The summed E-state index contributed by atoms with van der Waals surface area (Å²) in [6, 6.07) is 3.81. The maximum atomic E-state index is 8.81. The molecule has 6 heteroatoms. The largest absolute Gasteiger partial charge is 0.252 e. The lowest BCUT2D eigenvalue weighted by atomic mass is 10.2. The molecule has 2 rings (SSSR count). The van der Waals surface area contributed by atoms with Gasteiger partial charge in [0.25, 0.3) is 5.95 Å². The molecular formula is C9H8N6. The van der Waals surface area contributed by atoms with Crippen molar-refractivity contribution in [2.45, 2.75) is 12.8 Å². The van der Waals surface area contributed by atoms with Crippen LogP contribution in [0, 0.1) is 11.3 Å². The molecule has 0 aromatic carbocycles. The van der Waals surface area contributed by atoms with E-state index in [4.69, 9.17) is 5.26 Å². The van der Waals surface area contributed by atoms with E-state index in [0.717, 1.165) is 0 Å². The van der Waals surface area contributed by atoms with Crippen LogP contribution in [-0.2, 0) is 0 Å². The van der Waals surface area contributed by atoms with E-state index in [1.54, 1.807) is 25.4 Å². The topological polar surface area (TPSA) is 80.3 Å². The van der Waals surface area contributed by atoms with Crippen molar-refractivity contribution in [3.8, 4) is 12.0 Å². The van der Waals surface area contributed by atoms with Crippen LogP contribution in [0.3, 0.4) is 0 Å². The summed E-state index contributed by atoms with van der Waals surface area (Å²) in [5.74, 6) is 0.632. The Kier molecular flexibility index (Phi) is 2.37. The summed E-state index contributed by atoms with van der Waals surface area (Å²) in [4.78, 5) is 12.1. The number of rotatable bonds is 2. The highest BCUT2D eigenvalue weighted by molar-refractivity contribution is 5.15. The standard InChI is InChI=1S/C9H8N6/c1-7(5-10)8-13-6-14-15(8)9-11-3-2-4-12-9/h2-4,6-7H,1H3. The van der Waals surface area contributed by atoms with Crippen molar-refractivity contribution in [3.63, 3.8) is 0 Å². The van der Waals surface area contributed by atoms with Crippen molar-refractivity contribution in [1.82, 2.24) is 24.7 Å². The van der Waals surface area contributed by atoms with Crippen molar-refractivity contribution in [3.05, 3.63) is 30.6 Å². The maximum absolute atomic E-state index is 8.81. The van der Waals surface area contributed by atoms with Gasteiger partial charge in [-0.3, -0.25) is 0 Å². The average Bonchev–Trinajstić information content (AvgIpc) is 2.78. The Labute approximate surface area is 86.2 Å². The molecule has 0 bridgehead atoms. The smallest absolute Gasteiger partial charge is 0.220 e. The van der Waals surface area contributed by atoms with Crippen LogP contribution in [0.25, 0.3) is 5.95 Å². The minimum Gasteiger partial charge on any atom is -0.220 e. The van der Waals surface area contributed by atoms with Crippen LogP contribution in [0.2, 0.25) is 0 Å². The minimum atomic E-state index is -0.337. The Morgan fingerprint density at radius 2 is 2.07 bits per heavy atom. The van der Waals surface area contributed by atoms with Crippen molar-refractivity contribution in [2.75, 3.05) is 0 Å². The average molecular weight is 200 g/mol. The lowest BCUT2D eigenvalue weighted by molar-refractivity contribution is 0.723. The summed E-state index contributed by atoms with van der Waals surface area (Å²) in [6.45, 7) is 1.75. The van der Waals surface area contributed by atoms with Gasteiger partial charge in [0.15, 0.2) is 5.82 Å². The van der Waals surface area contributed by atoms with Crippen molar-refractivity contribution in [1.29, 1.82) is 5.26 Å². The van der Waals surface area contributed by atoms with E-state index in [1.807, 2.05) is 0 Å². The van der Waals surface area contributed by atoms with Gasteiger partial charge in [-0.1, -0.05) is 0 Å². The van der Waals surface area contributed by atoms with Gasteiger partial charge in [0.05, 0.1) is 6.07 Å². The second kappa shape index (κ2) is 3.84. The maximum Gasteiger partial charge on any atom is 0.252 e. The fourth-order valence-corrected chi connectivity index (χ4v) is 1.16. The van der Waals surface area contributed by atoms with Crippen LogP contribution in [0.1, 0.15) is 18.7 Å². The van der Waals surface area contributed by atoms with E-state index < -0.39 is 0 Å². The first kappa shape index (κ1) is 9.27. The highest BCUT2D eigenvalue weighted by atomic mass is 15.4. The number of nitriles is 1. The molecule has 0 aliphatic heterocycles. The van der Waals surface area contributed by atoms with Crippen molar-refractivity contribution >= 4 is 0 Å². The van der Waals surface area contributed by atoms with Crippen LogP contribution in [-0.4, -0.2) is 24.7 Å². The Balaban J connectivity index is 2.47. The highest BCUT2D eigenvalue weighted by Crippen LogP contribution is 2.12. The Morgan fingerprint density at radius 3 is 2.73 bits per heavy atom. The summed E-state index contributed by atoms with van der Waals surface area (Å²) < 4.78 is 1.47. The van der Waals surface area contributed by atoms with E-state index in [-0.39, 0.29) is 5.92 Å². The molecule has 0 aliphatic carbocycles. The Hall–Kier alpha value is -2.29. The molecule has 0 N–H and O–H groups in total. The molecule has 15 heavy (non-hydrogen) atoms. The third-order valence-electron chi connectivity index (χ3n) is 1.90. The van der Waals surface area contributed by atoms with Gasteiger partial charge in [-0.05, 0) is 13.0 Å². The minimum absolute atomic E-state index is 0.337. The molecule has 0 amide bonds. The van der Waals surface area contributed by atoms with E-state index in [0.29, 0.717) is 11.8 Å². The van der Waals surface area contributed by atoms with Gasteiger partial charge < -0.3 is 0 Å². The van der Waals surface area contributed by atoms with Crippen LogP contribution in [0.5, 0.6) is 0 Å². The summed E-state index contributed by atoms with van der Waals surface area (Å²) in [6.07, 6.45) is 4.62. The number of hydrogen-bond acceptors (Lipinski definition) is 5. The molecule has 1 atom stereocenters. The van der Waals surface area contributed by atoms with Gasteiger partial charge in [-0.2, -0.15) is 15.0 Å². The van der Waals surface area contributed by atoms with Gasteiger partial charge in [0, 0.05) is 12.4 Å². The molecule has 2 aromatic heterocycles. The van der Waals surface area contributed by atoms with Gasteiger partial charge >= 0.3 is 0 Å². The number of aromatic nitrogens is 5. The lowest BCUT2D eigenvalue weighted by Crippen LogP contribution is -2.08. The first-order valence-electron chi connectivity index (χ1n) is 4.40. The fourth-order valence-electron chi connectivity index (χ4n) is 1.16. The molecule has 74 valence electrons. The molecule has 1 unspecified atom stereocenters. The normalized spacial score (nSPS) is 12.0. The number of nitrogens with zero attached hydrogens (tertiary/aromatic N) is 6. The quantitative estimate of drug-likeness (QED) is 0.712. The highest BCUT2D eigenvalue weighted by Gasteiger charge is 2.14. The Bertz CT molecular complexity index is 483. The zero-order valence-corrected chi connectivity index (χ0v) is 8.07. The van der Waals surface area contributed by atoms with Gasteiger partial charge in [-0.25, -0.2) is 15.0 Å². The Morgan fingerprint density at radius 1 is 1.33 bits per heavy atom. The third kappa shape index (κ3) is 1.67. The fraction of sp³-hybridized carbons (Fsp3) is 0.222. The van der Waals surface area contributed by atoms with E-state index >= 15 is 0 Å². The second-order valence-corrected chi connectivity index (χ2v) is 2.93. The predicted molar refractivity (Wildman–Crippen MR) is 51.0 cm³/mol. The van der Waals surface area contributed by atoms with E-state index in [9.17, 15) is 0 Å². The molecule has 2 heterocycles. The molecule has 0 saturated heterocycles. The number of hydrogen-bond donors (Lipinski definition) is 0.